The summed E-state index contributed by atoms with van der Waals surface area (Å²) in [5.41, 5.74) is 1.72. The summed E-state index contributed by atoms with van der Waals surface area (Å²) < 4.78 is 11.0. The van der Waals surface area contributed by atoms with Crippen molar-refractivity contribution >= 4 is 33.1 Å². The summed E-state index contributed by atoms with van der Waals surface area (Å²) in [6.45, 7) is 0. The third kappa shape index (κ3) is 3.33. The fourth-order valence-corrected chi connectivity index (χ4v) is 4.04. The Morgan fingerprint density at radius 1 is 0.548 bits per heavy atom. The fourth-order valence-electron chi connectivity index (χ4n) is 3.88. The number of nitrogens with zero attached hydrogens (tertiary/aromatic N) is 3. The van der Waals surface area contributed by atoms with Gasteiger partial charge in [0.2, 0.25) is 5.28 Å². The second kappa shape index (κ2) is 7.85. The molecule has 0 spiro atoms. The van der Waals surface area contributed by atoms with E-state index in [0.29, 0.717) is 11.6 Å². The van der Waals surface area contributed by atoms with E-state index in [1.165, 1.54) is 0 Å². The van der Waals surface area contributed by atoms with Gasteiger partial charge in [-0.1, -0.05) is 48.5 Å². The molecule has 0 N–H and O–H groups in total. The molecule has 0 amide bonds. The maximum Gasteiger partial charge on any atom is 0.226 e. The Hall–Kier alpha value is -3.70. The number of hydrogen-bond donors (Lipinski definition) is 0. The highest BCUT2D eigenvalue weighted by molar-refractivity contribution is 6.28. The largest absolute Gasteiger partial charge is 0.496 e. The molecule has 5 rings (SSSR count). The Labute approximate surface area is 184 Å². The second-order valence-electron chi connectivity index (χ2n) is 6.97. The van der Waals surface area contributed by atoms with Gasteiger partial charge in [0.15, 0.2) is 11.6 Å². The van der Waals surface area contributed by atoms with E-state index in [0.717, 1.165) is 44.2 Å². The average molecular weight is 428 g/mol. The SMILES string of the molecule is COc1ccc(-c2nc(Cl)nc(-c3ccc(OC)c4ccccc34)n2)c2ccccc12. The van der Waals surface area contributed by atoms with Crippen LogP contribution in [0.5, 0.6) is 11.5 Å². The predicted octanol–water partition coefficient (Wildman–Crippen LogP) is 6.18. The number of methoxy groups -OCH3 is 2. The molecule has 31 heavy (non-hydrogen) atoms. The minimum Gasteiger partial charge on any atom is -0.496 e. The highest BCUT2D eigenvalue weighted by atomic mass is 35.5. The van der Waals surface area contributed by atoms with Gasteiger partial charge in [-0.3, -0.25) is 0 Å². The summed E-state index contributed by atoms with van der Waals surface area (Å²) in [6.07, 6.45) is 0. The molecule has 5 nitrogen and oxygen atoms in total. The van der Waals surface area contributed by atoms with Crippen LogP contribution in [0, 0.1) is 0 Å². The van der Waals surface area contributed by atoms with E-state index < -0.39 is 0 Å². The number of aromatic nitrogens is 3. The van der Waals surface area contributed by atoms with Crippen molar-refractivity contribution in [3.8, 4) is 34.3 Å². The van der Waals surface area contributed by atoms with Crippen LogP contribution in [-0.4, -0.2) is 29.2 Å². The lowest BCUT2D eigenvalue weighted by molar-refractivity contribution is 0.420. The maximum absolute atomic E-state index is 6.36. The van der Waals surface area contributed by atoms with Crippen molar-refractivity contribution in [1.82, 2.24) is 15.0 Å². The van der Waals surface area contributed by atoms with Crippen LogP contribution >= 0.6 is 11.6 Å². The van der Waals surface area contributed by atoms with E-state index in [-0.39, 0.29) is 5.28 Å². The Kier molecular flexibility index (Phi) is 4.88. The van der Waals surface area contributed by atoms with E-state index in [2.05, 4.69) is 9.97 Å². The highest BCUT2D eigenvalue weighted by Gasteiger charge is 2.16. The van der Waals surface area contributed by atoms with Gasteiger partial charge in [-0.2, -0.15) is 9.97 Å². The van der Waals surface area contributed by atoms with Crippen LogP contribution in [0.1, 0.15) is 0 Å². The number of benzene rings is 4. The van der Waals surface area contributed by atoms with Crippen molar-refractivity contribution in [2.24, 2.45) is 0 Å². The second-order valence-corrected chi connectivity index (χ2v) is 7.31. The van der Waals surface area contributed by atoms with Crippen LogP contribution < -0.4 is 9.47 Å². The summed E-state index contributed by atoms with van der Waals surface area (Å²) in [6, 6.07) is 23.7. The molecule has 0 radical (unpaired) electrons. The van der Waals surface area contributed by atoms with E-state index in [1.807, 2.05) is 72.8 Å². The first kappa shape index (κ1) is 19.3. The molecule has 1 aromatic heterocycles. The number of hydrogen-bond acceptors (Lipinski definition) is 5. The topological polar surface area (TPSA) is 57.1 Å². The average Bonchev–Trinajstić information content (AvgIpc) is 2.82. The lowest BCUT2D eigenvalue weighted by Crippen LogP contribution is -1.99. The molecule has 152 valence electrons. The minimum atomic E-state index is 0.139. The molecule has 0 saturated heterocycles. The van der Waals surface area contributed by atoms with E-state index >= 15 is 0 Å². The lowest BCUT2D eigenvalue weighted by atomic mass is 10.0. The lowest BCUT2D eigenvalue weighted by Gasteiger charge is -2.12. The van der Waals surface area contributed by atoms with Crippen molar-refractivity contribution in [3.05, 3.63) is 78.1 Å². The predicted molar refractivity (Wildman–Crippen MR) is 124 cm³/mol. The van der Waals surface area contributed by atoms with Crippen molar-refractivity contribution in [1.29, 1.82) is 0 Å². The first-order valence-corrected chi connectivity index (χ1v) is 10.1. The van der Waals surface area contributed by atoms with E-state index in [9.17, 15) is 0 Å². The maximum atomic E-state index is 6.36. The van der Waals surface area contributed by atoms with Crippen LogP contribution in [0.2, 0.25) is 5.28 Å². The Morgan fingerprint density at radius 2 is 0.968 bits per heavy atom. The minimum absolute atomic E-state index is 0.139. The zero-order valence-corrected chi connectivity index (χ0v) is 17.7. The molecule has 4 aromatic carbocycles. The van der Waals surface area contributed by atoms with E-state index in [1.54, 1.807) is 14.2 Å². The first-order chi connectivity index (χ1) is 15.2. The molecule has 0 bridgehead atoms. The fraction of sp³-hybridized carbons (Fsp3) is 0.0800. The molecular formula is C25H18ClN3O2. The van der Waals surface area contributed by atoms with Crippen molar-refractivity contribution < 1.29 is 9.47 Å². The Balaban J connectivity index is 1.75. The highest BCUT2D eigenvalue weighted by Crippen LogP contribution is 2.36. The van der Waals surface area contributed by atoms with Gasteiger partial charge in [0.05, 0.1) is 14.2 Å². The molecule has 0 aliphatic rings. The van der Waals surface area contributed by atoms with Crippen molar-refractivity contribution in [3.63, 3.8) is 0 Å². The molecule has 0 fully saturated rings. The van der Waals surface area contributed by atoms with E-state index in [4.69, 9.17) is 26.1 Å². The molecule has 0 aliphatic carbocycles. The summed E-state index contributed by atoms with van der Waals surface area (Å²) in [5, 5.41) is 4.06. The van der Waals surface area contributed by atoms with Gasteiger partial charge in [0.25, 0.3) is 0 Å². The third-order valence-electron chi connectivity index (χ3n) is 5.30. The number of fused-ring (bicyclic) bond motifs is 2. The van der Waals surface area contributed by atoms with Crippen molar-refractivity contribution in [2.45, 2.75) is 0 Å². The number of ether oxygens (including phenoxy) is 2. The summed E-state index contributed by atoms with van der Waals surface area (Å²) >= 11 is 6.36. The number of rotatable bonds is 4. The van der Waals surface area contributed by atoms with Crippen LogP contribution in [0.15, 0.2) is 72.8 Å². The third-order valence-corrected chi connectivity index (χ3v) is 5.47. The Morgan fingerprint density at radius 3 is 1.39 bits per heavy atom. The van der Waals surface area contributed by atoms with Gasteiger partial charge >= 0.3 is 0 Å². The summed E-state index contributed by atoms with van der Waals surface area (Å²) in [7, 11) is 3.32. The smallest absolute Gasteiger partial charge is 0.226 e. The van der Waals surface area contributed by atoms with Gasteiger partial charge < -0.3 is 9.47 Å². The van der Waals surface area contributed by atoms with Gasteiger partial charge in [-0.15, -0.1) is 0 Å². The standard InChI is InChI=1S/C25H18ClN3O2/c1-30-21-13-11-19(15-7-3-5-9-17(15)21)23-27-24(29-25(26)28-23)20-12-14-22(31-2)18-10-6-4-8-16(18)20/h3-14H,1-2H3. The van der Waals surface area contributed by atoms with Crippen LogP contribution in [0.3, 0.4) is 0 Å². The van der Waals surface area contributed by atoms with Crippen LogP contribution in [0.25, 0.3) is 44.3 Å². The quantitative estimate of drug-likeness (QED) is 0.342. The van der Waals surface area contributed by atoms with Crippen LogP contribution in [-0.2, 0) is 0 Å². The molecule has 0 saturated carbocycles. The molecule has 0 aliphatic heterocycles. The van der Waals surface area contributed by atoms with Gasteiger partial charge in [0, 0.05) is 21.9 Å². The molecule has 1 heterocycles. The summed E-state index contributed by atoms with van der Waals surface area (Å²) in [4.78, 5) is 13.7. The van der Waals surface area contributed by atoms with Crippen molar-refractivity contribution in [2.75, 3.05) is 14.2 Å². The zero-order valence-electron chi connectivity index (χ0n) is 17.0. The van der Waals surface area contributed by atoms with Gasteiger partial charge in [-0.05, 0) is 46.6 Å². The number of halogens is 1. The molecule has 0 unspecified atom stereocenters. The molecular weight excluding hydrogens is 410 g/mol. The molecule has 6 heteroatoms. The van der Waals surface area contributed by atoms with Gasteiger partial charge in [-0.25, -0.2) is 4.98 Å². The normalized spacial score (nSPS) is 11.1. The van der Waals surface area contributed by atoms with Crippen LogP contribution in [0.4, 0.5) is 0 Å². The Bertz CT molecular complexity index is 1330. The zero-order chi connectivity index (χ0) is 21.4. The first-order valence-electron chi connectivity index (χ1n) is 9.73. The molecule has 5 aromatic rings. The monoisotopic (exact) mass is 427 g/mol. The molecule has 0 atom stereocenters. The summed E-state index contributed by atoms with van der Waals surface area (Å²) in [5.74, 6) is 2.60. The van der Waals surface area contributed by atoms with Gasteiger partial charge in [0.1, 0.15) is 11.5 Å².